The molecule has 0 saturated heterocycles. The van der Waals surface area contributed by atoms with Crippen molar-refractivity contribution in [2.75, 3.05) is 19.8 Å². The minimum atomic E-state index is -0.173. The molecule has 2 aromatic rings. The van der Waals surface area contributed by atoms with Crippen LogP contribution in [0.3, 0.4) is 0 Å². The zero-order chi connectivity index (χ0) is 19.8. The van der Waals surface area contributed by atoms with E-state index in [-0.39, 0.29) is 18.6 Å². The topological polar surface area (TPSA) is 56.8 Å². The van der Waals surface area contributed by atoms with E-state index in [0.29, 0.717) is 30.5 Å². The molecule has 2 rings (SSSR count). The molecule has 5 heteroatoms. The van der Waals surface area contributed by atoms with E-state index in [0.717, 1.165) is 16.7 Å². The summed E-state index contributed by atoms with van der Waals surface area (Å²) in [6, 6.07) is 11.5. The van der Waals surface area contributed by atoms with Crippen LogP contribution < -0.4 is 19.5 Å². The molecule has 0 spiro atoms. The lowest BCUT2D eigenvalue weighted by Gasteiger charge is -2.18. The fraction of sp³-hybridized carbons (Fsp3) is 0.409. The van der Waals surface area contributed by atoms with Crippen molar-refractivity contribution in [1.82, 2.24) is 5.32 Å². The maximum Gasteiger partial charge on any atom is 0.258 e. The molecule has 0 bridgehead atoms. The first kappa shape index (κ1) is 20.6. The number of rotatable bonds is 9. The van der Waals surface area contributed by atoms with Crippen LogP contribution in [0.25, 0.3) is 0 Å². The van der Waals surface area contributed by atoms with Gasteiger partial charge in [-0.15, -0.1) is 0 Å². The van der Waals surface area contributed by atoms with E-state index in [2.05, 4.69) is 11.4 Å². The number of carbonyl (C=O) groups is 1. The summed E-state index contributed by atoms with van der Waals surface area (Å²) in [6.45, 7) is 10.9. The van der Waals surface area contributed by atoms with E-state index in [1.807, 2.05) is 65.0 Å². The number of carbonyl (C=O) groups excluding carboxylic acids is 1. The van der Waals surface area contributed by atoms with Gasteiger partial charge in [0.2, 0.25) is 0 Å². The molecular weight excluding hydrogens is 342 g/mol. The normalized spacial score (nSPS) is 11.6. The van der Waals surface area contributed by atoms with E-state index in [9.17, 15) is 4.79 Å². The molecular formula is C22H29NO4. The number of ether oxygens (including phenoxy) is 3. The summed E-state index contributed by atoms with van der Waals surface area (Å²) >= 11 is 0. The first-order valence-electron chi connectivity index (χ1n) is 9.33. The number of amides is 1. The average Bonchev–Trinajstić information content (AvgIpc) is 2.61. The second-order valence-electron chi connectivity index (χ2n) is 6.47. The number of hydrogen-bond donors (Lipinski definition) is 1. The molecule has 1 amide bonds. The van der Waals surface area contributed by atoms with Gasteiger partial charge < -0.3 is 19.5 Å². The Morgan fingerprint density at radius 2 is 1.56 bits per heavy atom. The molecule has 0 fully saturated rings. The molecule has 0 saturated carbocycles. The van der Waals surface area contributed by atoms with Gasteiger partial charge in [0.05, 0.1) is 19.3 Å². The van der Waals surface area contributed by atoms with Crippen molar-refractivity contribution < 1.29 is 19.0 Å². The second-order valence-corrected chi connectivity index (χ2v) is 6.47. The molecule has 0 aromatic heterocycles. The molecule has 0 unspecified atom stereocenters. The first-order chi connectivity index (χ1) is 12.9. The Labute approximate surface area is 161 Å². The molecule has 0 aliphatic heterocycles. The zero-order valence-corrected chi connectivity index (χ0v) is 16.8. The summed E-state index contributed by atoms with van der Waals surface area (Å²) in [7, 11) is 0. The first-order valence-corrected chi connectivity index (χ1v) is 9.33. The fourth-order valence-corrected chi connectivity index (χ4v) is 2.87. The van der Waals surface area contributed by atoms with Crippen LogP contribution in [0, 0.1) is 13.8 Å². The van der Waals surface area contributed by atoms with E-state index in [1.165, 1.54) is 0 Å². The molecule has 0 radical (unpaired) electrons. The van der Waals surface area contributed by atoms with Gasteiger partial charge in [0.1, 0.15) is 5.75 Å². The highest BCUT2D eigenvalue weighted by Crippen LogP contribution is 2.30. The van der Waals surface area contributed by atoms with Crippen LogP contribution in [0.2, 0.25) is 0 Å². The van der Waals surface area contributed by atoms with Crippen LogP contribution in [0.5, 0.6) is 17.2 Å². The third-order valence-corrected chi connectivity index (χ3v) is 4.01. The second kappa shape index (κ2) is 9.86. The number of benzene rings is 2. The van der Waals surface area contributed by atoms with Crippen molar-refractivity contribution in [3.8, 4) is 17.2 Å². The number of nitrogens with one attached hydrogen (secondary N) is 1. The maximum atomic E-state index is 12.3. The predicted octanol–water partition coefficient (Wildman–Crippen LogP) is 4.36. The van der Waals surface area contributed by atoms with Crippen molar-refractivity contribution in [3.63, 3.8) is 0 Å². The molecule has 5 nitrogen and oxygen atoms in total. The lowest BCUT2D eigenvalue weighted by molar-refractivity contribution is -0.123. The van der Waals surface area contributed by atoms with E-state index in [4.69, 9.17) is 14.2 Å². The van der Waals surface area contributed by atoms with Crippen LogP contribution >= 0.6 is 0 Å². The van der Waals surface area contributed by atoms with Gasteiger partial charge in [-0.25, -0.2) is 0 Å². The Kier molecular flexibility index (Phi) is 7.53. The predicted molar refractivity (Wildman–Crippen MR) is 107 cm³/mol. The van der Waals surface area contributed by atoms with Gasteiger partial charge >= 0.3 is 0 Å². The van der Waals surface area contributed by atoms with Crippen molar-refractivity contribution in [3.05, 3.63) is 53.1 Å². The Morgan fingerprint density at radius 1 is 0.926 bits per heavy atom. The summed E-state index contributed by atoms with van der Waals surface area (Å²) in [5.41, 5.74) is 3.16. The number of aryl methyl sites for hydroxylation is 2. The Balaban J connectivity index is 1.97. The fourth-order valence-electron chi connectivity index (χ4n) is 2.87. The van der Waals surface area contributed by atoms with Crippen LogP contribution in [0.15, 0.2) is 36.4 Å². The highest BCUT2D eigenvalue weighted by molar-refractivity contribution is 5.78. The quantitative estimate of drug-likeness (QED) is 0.712. The lowest BCUT2D eigenvalue weighted by atomic mass is 10.1. The van der Waals surface area contributed by atoms with Crippen LogP contribution in [-0.2, 0) is 4.79 Å². The van der Waals surface area contributed by atoms with Crippen molar-refractivity contribution in [2.45, 2.75) is 40.7 Å². The molecule has 146 valence electrons. The van der Waals surface area contributed by atoms with Crippen LogP contribution in [0.4, 0.5) is 0 Å². The summed E-state index contributed by atoms with van der Waals surface area (Å²) < 4.78 is 16.9. The van der Waals surface area contributed by atoms with Crippen molar-refractivity contribution >= 4 is 5.91 Å². The minimum absolute atomic E-state index is 0.0252. The Hall–Kier alpha value is -2.69. The smallest absolute Gasteiger partial charge is 0.258 e. The number of hydrogen-bond acceptors (Lipinski definition) is 4. The molecule has 0 aliphatic rings. The molecule has 1 N–H and O–H groups in total. The molecule has 0 heterocycles. The van der Waals surface area contributed by atoms with Gasteiger partial charge in [-0.1, -0.05) is 12.1 Å². The minimum Gasteiger partial charge on any atom is -0.490 e. The lowest BCUT2D eigenvalue weighted by Crippen LogP contribution is -2.31. The third kappa shape index (κ3) is 6.20. The maximum absolute atomic E-state index is 12.3. The van der Waals surface area contributed by atoms with Gasteiger partial charge in [0.25, 0.3) is 5.91 Å². The van der Waals surface area contributed by atoms with Gasteiger partial charge in [-0.05, 0) is 75.6 Å². The van der Waals surface area contributed by atoms with Gasteiger partial charge in [-0.2, -0.15) is 0 Å². The van der Waals surface area contributed by atoms with E-state index < -0.39 is 0 Å². The van der Waals surface area contributed by atoms with Gasteiger partial charge in [0.15, 0.2) is 18.1 Å². The van der Waals surface area contributed by atoms with Crippen LogP contribution in [-0.4, -0.2) is 25.7 Å². The van der Waals surface area contributed by atoms with Crippen molar-refractivity contribution in [2.24, 2.45) is 0 Å². The zero-order valence-electron chi connectivity index (χ0n) is 16.8. The van der Waals surface area contributed by atoms with Gasteiger partial charge in [-0.3, -0.25) is 4.79 Å². The molecule has 0 aliphatic carbocycles. The monoisotopic (exact) mass is 371 g/mol. The summed E-state index contributed by atoms with van der Waals surface area (Å²) in [4.78, 5) is 12.3. The Bertz CT molecular complexity index is 753. The third-order valence-electron chi connectivity index (χ3n) is 4.01. The van der Waals surface area contributed by atoms with E-state index in [1.54, 1.807) is 0 Å². The van der Waals surface area contributed by atoms with Crippen molar-refractivity contribution in [1.29, 1.82) is 0 Å². The SMILES string of the molecule is CCOc1ccc([C@@H](C)NC(=O)COc2cc(C)cc(C)c2)cc1OCC. The highest BCUT2D eigenvalue weighted by Gasteiger charge is 2.14. The highest BCUT2D eigenvalue weighted by atomic mass is 16.5. The van der Waals surface area contributed by atoms with E-state index >= 15 is 0 Å². The largest absolute Gasteiger partial charge is 0.490 e. The van der Waals surface area contributed by atoms with Crippen LogP contribution in [0.1, 0.15) is 43.5 Å². The summed E-state index contributed by atoms with van der Waals surface area (Å²) in [6.07, 6.45) is 0. The molecule has 1 atom stereocenters. The standard InChI is InChI=1S/C22H29NO4/c1-6-25-20-9-8-18(13-21(20)26-7-2)17(5)23-22(24)14-27-19-11-15(3)10-16(4)12-19/h8-13,17H,6-7,14H2,1-5H3,(H,23,24)/t17-/m1/s1. The molecule has 27 heavy (non-hydrogen) atoms. The molecule has 2 aromatic carbocycles. The summed E-state index contributed by atoms with van der Waals surface area (Å²) in [5.74, 6) is 1.92. The average molecular weight is 371 g/mol. The van der Waals surface area contributed by atoms with Gasteiger partial charge in [0, 0.05) is 0 Å². The Morgan fingerprint density at radius 3 is 2.19 bits per heavy atom. The summed E-state index contributed by atoms with van der Waals surface area (Å²) in [5, 5.41) is 2.96.